The number of esters is 1. The van der Waals surface area contributed by atoms with Crippen molar-refractivity contribution in [2.24, 2.45) is 0 Å². The Morgan fingerprint density at radius 1 is 0.970 bits per heavy atom. The summed E-state index contributed by atoms with van der Waals surface area (Å²) in [6.07, 6.45) is 0.653. The average molecular weight is 487 g/mol. The molecule has 9 heteroatoms. The molecule has 3 rings (SSSR count). The molecule has 1 amide bonds. The van der Waals surface area contributed by atoms with E-state index in [0.29, 0.717) is 23.7 Å². The van der Waals surface area contributed by atoms with Crippen molar-refractivity contribution in [3.05, 3.63) is 95.0 Å². The zero-order valence-corrected chi connectivity index (χ0v) is 19.5. The molecule has 0 saturated heterocycles. The summed E-state index contributed by atoms with van der Waals surface area (Å²) < 4.78 is 32.1. The zero-order chi connectivity index (χ0) is 23.8. The van der Waals surface area contributed by atoms with Crippen molar-refractivity contribution in [3.63, 3.8) is 0 Å². The first kappa shape index (κ1) is 24.3. The lowest BCUT2D eigenvalue weighted by atomic mass is 10.1. The Kier molecular flexibility index (Phi) is 8.08. The van der Waals surface area contributed by atoms with E-state index in [9.17, 15) is 18.0 Å². The molecule has 7 nitrogen and oxygen atoms in total. The molecule has 0 atom stereocenters. The predicted molar refractivity (Wildman–Crippen MR) is 127 cm³/mol. The van der Waals surface area contributed by atoms with Crippen molar-refractivity contribution in [2.75, 3.05) is 24.5 Å². The van der Waals surface area contributed by atoms with Crippen LogP contribution in [0.1, 0.15) is 15.9 Å². The fourth-order valence-corrected chi connectivity index (χ4v) is 4.43. The molecule has 0 aliphatic rings. The summed E-state index contributed by atoms with van der Waals surface area (Å²) in [4.78, 5) is 24.3. The standard InChI is InChI=1S/C24H23ClN2O5S/c1-27(21-11-6-10-20(25)16-21)33(30,31)22-12-5-9-19(15-22)24(29)32-17-23(28)26-14-13-18-7-3-2-4-8-18/h2-12,15-16H,13-14,17H2,1H3,(H,26,28). The Labute approximate surface area is 198 Å². The maximum Gasteiger partial charge on any atom is 0.338 e. The first-order chi connectivity index (χ1) is 15.8. The Balaban J connectivity index is 1.59. The molecule has 3 aromatic rings. The lowest BCUT2D eigenvalue weighted by molar-refractivity contribution is -0.124. The van der Waals surface area contributed by atoms with Crippen molar-refractivity contribution in [1.29, 1.82) is 0 Å². The fourth-order valence-electron chi connectivity index (χ4n) is 3.01. The Bertz CT molecular complexity index is 1230. The summed E-state index contributed by atoms with van der Waals surface area (Å²) in [6.45, 7) is -0.0586. The van der Waals surface area contributed by atoms with E-state index in [1.54, 1.807) is 18.2 Å². The van der Waals surface area contributed by atoms with Gasteiger partial charge in [-0.2, -0.15) is 0 Å². The third-order valence-corrected chi connectivity index (χ3v) is 6.83. The molecule has 3 aromatic carbocycles. The van der Waals surface area contributed by atoms with E-state index in [2.05, 4.69) is 5.32 Å². The van der Waals surface area contributed by atoms with E-state index >= 15 is 0 Å². The molecule has 0 aromatic heterocycles. The highest BCUT2D eigenvalue weighted by Crippen LogP contribution is 2.25. The minimum atomic E-state index is -3.95. The number of hydrogen-bond acceptors (Lipinski definition) is 5. The van der Waals surface area contributed by atoms with E-state index in [1.807, 2.05) is 30.3 Å². The predicted octanol–water partition coefficient (Wildman–Crippen LogP) is 3.68. The molecule has 0 bridgehead atoms. The Morgan fingerprint density at radius 3 is 2.42 bits per heavy atom. The van der Waals surface area contributed by atoms with Crippen LogP contribution in [0.5, 0.6) is 0 Å². The molecule has 0 unspecified atom stereocenters. The van der Waals surface area contributed by atoms with Gasteiger partial charge in [0.05, 0.1) is 16.1 Å². The number of hydrogen-bond donors (Lipinski definition) is 1. The molecule has 0 aliphatic heterocycles. The van der Waals surface area contributed by atoms with Gasteiger partial charge < -0.3 is 10.1 Å². The summed E-state index contributed by atoms with van der Waals surface area (Å²) >= 11 is 5.96. The highest BCUT2D eigenvalue weighted by atomic mass is 35.5. The number of anilines is 1. The summed E-state index contributed by atoms with van der Waals surface area (Å²) in [7, 11) is -2.55. The minimum Gasteiger partial charge on any atom is -0.452 e. The van der Waals surface area contributed by atoms with Crippen LogP contribution in [0.4, 0.5) is 5.69 Å². The number of nitrogens with zero attached hydrogens (tertiary/aromatic N) is 1. The van der Waals surface area contributed by atoms with Gasteiger partial charge in [-0.05, 0) is 48.4 Å². The van der Waals surface area contributed by atoms with Crippen LogP contribution in [0, 0.1) is 0 Å². The molecule has 0 spiro atoms. The number of nitrogens with one attached hydrogen (secondary N) is 1. The Morgan fingerprint density at radius 2 is 1.70 bits per heavy atom. The lowest BCUT2D eigenvalue weighted by Crippen LogP contribution is -2.30. The van der Waals surface area contributed by atoms with E-state index in [1.165, 1.54) is 37.4 Å². The molecule has 0 aliphatic carbocycles. The van der Waals surface area contributed by atoms with Crippen LogP contribution in [0.2, 0.25) is 5.02 Å². The first-order valence-corrected chi connectivity index (χ1v) is 11.9. The number of ether oxygens (including phenoxy) is 1. The zero-order valence-electron chi connectivity index (χ0n) is 17.9. The normalized spacial score (nSPS) is 11.0. The van der Waals surface area contributed by atoms with Crippen LogP contribution in [0.25, 0.3) is 0 Å². The molecular formula is C24H23ClN2O5S. The third kappa shape index (κ3) is 6.57. The average Bonchev–Trinajstić information content (AvgIpc) is 2.82. The van der Waals surface area contributed by atoms with E-state index in [4.69, 9.17) is 16.3 Å². The summed E-state index contributed by atoms with van der Waals surface area (Å²) in [5, 5.41) is 3.08. The van der Waals surface area contributed by atoms with Crippen LogP contribution in [0.15, 0.2) is 83.8 Å². The monoisotopic (exact) mass is 486 g/mol. The minimum absolute atomic E-state index is 0.0210. The summed E-state index contributed by atoms with van der Waals surface area (Å²) in [5.41, 5.74) is 1.48. The first-order valence-electron chi connectivity index (χ1n) is 10.1. The maximum absolute atomic E-state index is 13.0. The van der Waals surface area contributed by atoms with Gasteiger partial charge in [0.2, 0.25) is 0 Å². The van der Waals surface area contributed by atoms with Gasteiger partial charge in [0, 0.05) is 18.6 Å². The van der Waals surface area contributed by atoms with Crippen LogP contribution < -0.4 is 9.62 Å². The summed E-state index contributed by atoms with van der Waals surface area (Å²) in [6, 6.07) is 21.5. The van der Waals surface area contributed by atoms with Crippen LogP contribution in [-0.2, 0) is 26.0 Å². The van der Waals surface area contributed by atoms with E-state index in [-0.39, 0.29) is 10.5 Å². The number of carbonyl (C=O) groups is 2. The maximum atomic E-state index is 13.0. The molecule has 33 heavy (non-hydrogen) atoms. The molecule has 0 heterocycles. The van der Waals surface area contributed by atoms with E-state index < -0.39 is 28.5 Å². The SMILES string of the molecule is CN(c1cccc(Cl)c1)S(=O)(=O)c1cccc(C(=O)OCC(=O)NCCc2ccccc2)c1. The van der Waals surface area contributed by atoms with Gasteiger partial charge in [0.15, 0.2) is 6.61 Å². The van der Waals surface area contributed by atoms with Gasteiger partial charge >= 0.3 is 5.97 Å². The number of rotatable bonds is 9. The van der Waals surface area contributed by atoms with Gasteiger partial charge in [-0.25, -0.2) is 13.2 Å². The second kappa shape index (κ2) is 11.0. The topological polar surface area (TPSA) is 92.8 Å². The van der Waals surface area contributed by atoms with E-state index in [0.717, 1.165) is 9.87 Å². The largest absolute Gasteiger partial charge is 0.452 e. The highest BCUT2D eigenvalue weighted by molar-refractivity contribution is 7.92. The van der Waals surface area contributed by atoms with Gasteiger partial charge in [0.1, 0.15) is 0 Å². The number of carbonyl (C=O) groups excluding carboxylic acids is 2. The molecule has 1 N–H and O–H groups in total. The number of halogens is 1. The highest BCUT2D eigenvalue weighted by Gasteiger charge is 2.23. The van der Waals surface area contributed by atoms with Gasteiger partial charge in [-0.3, -0.25) is 9.10 Å². The lowest BCUT2D eigenvalue weighted by Gasteiger charge is -2.20. The number of sulfonamides is 1. The van der Waals surface area contributed by atoms with Crippen molar-refractivity contribution >= 4 is 39.2 Å². The van der Waals surface area contributed by atoms with Crippen LogP contribution >= 0.6 is 11.6 Å². The second-order valence-corrected chi connectivity index (χ2v) is 9.55. The summed E-state index contributed by atoms with van der Waals surface area (Å²) in [5.74, 6) is -1.24. The van der Waals surface area contributed by atoms with Gasteiger partial charge in [-0.15, -0.1) is 0 Å². The molecular weight excluding hydrogens is 464 g/mol. The van der Waals surface area contributed by atoms with Crippen LogP contribution in [0.3, 0.4) is 0 Å². The van der Waals surface area contributed by atoms with Crippen molar-refractivity contribution in [3.8, 4) is 0 Å². The fraction of sp³-hybridized carbons (Fsp3) is 0.167. The molecule has 0 saturated carbocycles. The van der Waals surface area contributed by atoms with Crippen molar-refractivity contribution in [1.82, 2.24) is 5.32 Å². The number of benzene rings is 3. The Hall–Kier alpha value is -3.36. The van der Waals surface area contributed by atoms with Gasteiger partial charge in [-0.1, -0.05) is 54.1 Å². The molecule has 0 radical (unpaired) electrons. The number of amides is 1. The smallest absolute Gasteiger partial charge is 0.338 e. The molecule has 0 fully saturated rings. The van der Waals surface area contributed by atoms with Crippen LogP contribution in [-0.4, -0.2) is 40.5 Å². The van der Waals surface area contributed by atoms with Gasteiger partial charge in [0.25, 0.3) is 15.9 Å². The quantitative estimate of drug-likeness (QED) is 0.466. The molecule has 172 valence electrons. The van der Waals surface area contributed by atoms with Crippen molar-refractivity contribution < 1.29 is 22.7 Å². The second-order valence-electron chi connectivity index (χ2n) is 7.14. The third-order valence-electron chi connectivity index (χ3n) is 4.81. The van der Waals surface area contributed by atoms with Crippen molar-refractivity contribution in [2.45, 2.75) is 11.3 Å².